The Morgan fingerprint density at radius 1 is 0.900 bits per heavy atom. The second kappa shape index (κ2) is 5.35. The van der Waals surface area contributed by atoms with E-state index in [0.717, 1.165) is 10.8 Å². The van der Waals surface area contributed by atoms with Crippen LogP contribution in [0.5, 0.6) is 0 Å². The largest absolute Gasteiger partial charge is 0.322 e. The second-order valence-electron chi connectivity index (χ2n) is 4.49. The first kappa shape index (κ1) is 12.7. The molecule has 0 atom stereocenters. The van der Waals surface area contributed by atoms with E-state index in [1.165, 1.54) is 0 Å². The molecule has 20 heavy (non-hydrogen) atoms. The van der Waals surface area contributed by atoms with Gasteiger partial charge in [0, 0.05) is 16.3 Å². The molecule has 1 N–H and O–H groups in total. The minimum absolute atomic E-state index is 0.135. The quantitative estimate of drug-likeness (QED) is 0.722. The summed E-state index contributed by atoms with van der Waals surface area (Å²) in [6, 6.07) is 20.6. The van der Waals surface area contributed by atoms with Gasteiger partial charge in [0.2, 0.25) is 0 Å². The van der Waals surface area contributed by atoms with E-state index >= 15 is 0 Å². The van der Waals surface area contributed by atoms with Gasteiger partial charge in [0.1, 0.15) is 0 Å². The molecule has 0 aliphatic rings. The van der Waals surface area contributed by atoms with E-state index in [9.17, 15) is 4.79 Å². The summed E-state index contributed by atoms with van der Waals surface area (Å²) >= 11 is 5.92. The highest BCUT2D eigenvalue weighted by atomic mass is 35.5. The molecule has 0 bridgehead atoms. The fraction of sp³-hybridized carbons (Fsp3) is 0. The number of fused-ring (bicyclic) bond motifs is 1. The molecule has 0 fully saturated rings. The summed E-state index contributed by atoms with van der Waals surface area (Å²) in [5, 5.41) is 5.45. The lowest BCUT2D eigenvalue weighted by molar-refractivity contribution is 0.102. The number of amides is 1. The van der Waals surface area contributed by atoms with Gasteiger partial charge < -0.3 is 5.32 Å². The van der Waals surface area contributed by atoms with E-state index in [-0.39, 0.29) is 5.91 Å². The van der Waals surface area contributed by atoms with Gasteiger partial charge >= 0.3 is 0 Å². The van der Waals surface area contributed by atoms with Gasteiger partial charge in [0.05, 0.1) is 0 Å². The summed E-state index contributed by atoms with van der Waals surface area (Å²) in [5.74, 6) is -0.135. The van der Waals surface area contributed by atoms with Gasteiger partial charge in [-0.2, -0.15) is 0 Å². The number of hydrogen-bond acceptors (Lipinski definition) is 1. The lowest BCUT2D eigenvalue weighted by Crippen LogP contribution is -2.12. The van der Waals surface area contributed by atoms with Crippen molar-refractivity contribution in [1.82, 2.24) is 0 Å². The van der Waals surface area contributed by atoms with E-state index in [1.807, 2.05) is 48.5 Å². The van der Waals surface area contributed by atoms with Gasteiger partial charge in [-0.1, -0.05) is 54.1 Å². The van der Waals surface area contributed by atoms with Crippen LogP contribution in [0.4, 0.5) is 5.69 Å². The molecule has 0 heterocycles. The molecule has 0 aliphatic carbocycles. The van der Waals surface area contributed by atoms with Crippen molar-refractivity contribution in [2.75, 3.05) is 5.32 Å². The standard InChI is InChI=1S/C17H12ClNO/c18-13-7-4-8-14(11-13)19-17(20)16-10-3-6-12-5-1-2-9-15(12)16/h1-11H,(H,19,20). The van der Waals surface area contributed by atoms with Crippen molar-refractivity contribution in [3.8, 4) is 0 Å². The van der Waals surface area contributed by atoms with Crippen LogP contribution < -0.4 is 5.32 Å². The predicted molar refractivity (Wildman–Crippen MR) is 83.4 cm³/mol. The molecule has 0 aromatic heterocycles. The Bertz CT molecular complexity index is 777. The monoisotopic (exact) mass is 281 g/mol. The average Bonchev–Trinajstić information content (AvgIpc) is 2.46. The maximum atomic E-state index is 12.4. The summed E-state index contributed by atoms with van der Waals surface area (Å²) in [7, 11) is 0. The molecule has 3 aromatic carbocycles. The molecule has 0 aliphatic heterocycles. The van der Waals surface area contributed by atoms with Crippen LogP contribution in [0.3, 0.4) is 0 Å². The molecular weight excluding hydrogens is 270 g/mol. The van der Waals surface area contributed by atoms with Crippen LogP contribution in [-0.2, 0) is 0 Å². The highest BCUT2D eigenvalue weighted by Gasteiger charge is 2.09. The second-order valence-corrected chi connectivity index (χ2v) is 4.93. The van der Waals surface area contributed by atoms with Gasteiger partial charge in [-0.15, -0.1) is 0 Å². The topological polar surface area (TPSA) is 29.1 Å². The van der Waals surface area contributed by atoms with Crippen molar-refractivity contribution >= 4 is 34.0 Å². The summed E-state index contributed by atoms with van der Waals surface area (Å²) < 4.78 is 0. The summed E-state index contributed by atoms with van der Waals surface area (Å²) in [4.78, 5) is 12.4. The Hall–Kier alpha value is -2.32. The number of carbonyl (C=O) groups excluding carboxylic acids is 1. The molecule has 0 unspecified atom stereocenters. The fourth-order valence-corrected chi connectivity index (χ4v) is 2.38. The number of anilines is 1. The van der Waals surface area contributed by atoms with E-state index in [0.29, 0.717) is 16.3 Å². The maximum absolute atomic E-state index is 12.4. The van der Waals surface area contributed by atoms with E-state index < -0.39 is 0 Å². The van der Waals surface area contributed by atoms with Gasteiger partial charge in [0.25, 0.3) is 5.91 Å². The normalized spacial score (nSPS) is 10.4. The van der Waals surface area contributed by atoms with Crippen LogP contribution in [-0.4, -0.2) is 5.91 Å². The Balaban J connectivity index is 1.97. The van der Waals surface area contributed by atoms with Gasteiger partial charge in [-0.05, 0) is 35.0 Å². The molecule has 2 nitrogen and oxygen atoms in total. The van der Waals surface area contributed by atoms with Crippen LogP contribution in [0.25, 0.3) is 10.8 Å². The van der Waals surface area contributed by atoms with E-state index in [4.69, 9.17) is 11.6 Å². The number of carbonyl (C=O) groups is 1. The van der Waals surface area contributed by atoms with Crippen LogP contribution >= 0.6 is 11.6 Å². The first-order valence-electron chi connectivity index (χ1n) is 6.29. The average molecular weight is 282 g/mol. The van der Waals surface area contributed by atoms with Gasteiger partial charge in [-0.3, -0.25) is 4.79 Å². The molecule has 3 heteroatoms. The smallest absolute Gasteiger partial charge is 0.256 e. The zero-order valence-corrected chi connectivity index (χ0v) is 11.4. The van der Waals surface area contributed by atoms with Crippen molar-refractivity contribution in [1.29, 1.82) is 0 Å². The Morgan fingerprint density at radius 2 is 1.65 bits per heavy atom. The number of rotatable bonds is 2. The predicted octanol–water partition coefficient (Wildman–Crippen LogP) is 4.75. The molecule has 1 amide bonds. The Morgan fingerprint density at radius 3 is 2.50 bits per heavy atom. The highest BCUT2D eigenvalue weighted by Crippen LogP contribution is 2.21. The Kier molecular flexibility index (Phi) is 3.40. The lowest BCUT2D eigenvalue weighted by Gasteiger charge is -2.08. The third-order valence-electron chi connectivity index (χ3n) is 3.12. The van der Waals surface area contributed by atoms with Crippen molar-refractivity contribution in [2.24, 2.45) is 0 Å². The minimum atomic E-state index is -0.135. The zero-order valence-electron chi connectivity index (χ0n) is 10.6. The minimum Gasteiger partial charge on any atom is -0.322 e. The van der Waals surface area contributed by atoms with Crippen LogP contribution in [0, 0.1) is 0 Å². The highest BCUT2D eigenvalue weighted by molar-refractivity contribution is 6.31. The third-order valence-corrected chi connectivity index (χ3v) is 3.35. The van der Waals surface area contributed by atoms with E-state index in [2.05, 4.69) is 5.32 Å². The van der Waals surface area contributed by atoms with Crippen molar-refractivity contribution in [3.05, 3.63) is 77.3 Å². The number of halogens is 1. The summed E-state index contributed by atoms with van der Waals surface area (Å²) in [6.45, 7) is 0. The molecule has 0 saturated heterocycles. The Labute approximate surface area is 122 Å². The SMILES string of the molecule is O=C(Nc1cccc(Cl)c1)c1cccc2ccccc12. The molecule has 3 aromatic rings. The van der Waals surface area contributed by atoms with Crippen LogP contribution in [0.15, 0.2) is 66.7 Å². The van der Waals surface area contributed by atoms with Crippen molar-refractivity contribution in [3.63, 3.8) is 0 Å². The molecule has 98 valence electrons. The summed E-state index contributed by atoms with van der Waals surface area (Å²) in [5.41, 5.74) is 1.35. The zero-order chi connectivity index (χ0) is 13.9. The third kappa shape index (κ3) is 2.51. The number of hydrogen-bond donors (Lipinski definition) is 1. The van der Waals surface area contributed by atoms with Crippen LogP contribution in [0.1, 0.15) is 10.4 Å². The van der Waals surface area contributed by atoms with Gasteiger partial charge in [-0.25, -0.2) is 0 Å². The lowest BCUT2D eigenvalue weighted by atomic mass is 10.0. The number of nitrogens with one attached hydrogen (secondary N) is 1. The number of benzene rings is 3. The first-order valence-corrected chi connectivity index (χ1v) is 6.66. The van der Waals surface area contributed by atoms with Gasteiger partial charge in [0.15, 0.2) is 0 Å². The van der Waals surface area contributed by atoms with Crippen molar-refractivity contribution in [2.45, 2.75) is 0 Å². The summed E-state index contributed by atoms with van der Waals surface area (Å²) in [6.07, 6.45) is 0. The molecule has 0 spiro atoms. The molecule has 0 radical (unpaired) electrons. The molecule has 0 saturated carbocycles. The maximum Gasteiger partial charge on any atom is 0.256 e. The molecular formula is C17H12ClNO. The van der Waals surface area contributed by atoms with E-state index in [1.54, 1.807) is 18.2 Å². The van der Waals surface area contributed by atoms with Crippen molar-refractivity contribution < 1.29 is 4.79 Å². The fourth-order valence-electron chi connectivity index (χ4n) is 2.19. The first-order chi connectivity index (χ1) is 9.74. The molecule has 3 rings (SSSR count). The van der Waals surface area contributed by atoms with Crippen LogP contribution in [0.2, 0.25) is 5.02 Å².